The molecule has 5 nitrogen and oxygen atoms in total. The van der Waals surface area contributed by atoms with Crippen molar-refractivity contribution in [3.05, 3.63) is 51.9 Å². The van der Waals surface area contributed by atoms with Crippen molar-refractivity contribution in [1.29, 1.82) is 0 Å². The number of nitrogens with one attached hydrogen (secondary N) is 2. The van der Waals surface area contributed by atoms with Crippen LogP contribution in [0.15, 0.2) is 28.8 Å². The van der Waals surface area contributed by atoms with Crippen LogP contribution in [0.4, 0.5) is 0 Å². The predicted octanol–water partition coefficient (Wildman–Crippen LogP) is 3.11. The Morgan fingerprint density at radius 1 is 1.28 bits per heavy atom. The summed E-state index contributed by atoms with van der Waals surface area (Å²) < 4.78 is 5.40. The zero-order valence-electron chi connectivity index (χ0n) is 14.1. The maximum atomic E-state index is 12.4. The molecule has 1 amide bonds. The van der Waals surface area contributed by atoms with Crippen LogP contribution in [0.2, 0.25) is 5.02 Å². The molecule has 1 heterocycles. The number of carbonyl (C=O) groups excluding carboxylic acids is 1. The molecule has 0 radical (unpaired) electrons. The van der Waals surface area contributed by atoms with Crippen LogP contribution in [-0.4, -0.2) is 23.7 Å². The molecule has 4 rings (SSSR count). The highest BCUT2D eigenvalue weighted by atomic mass is 35.5. The molecule has 1 aromatic carbocycles. The number of hydrogen-bond acceptors (Lipinski definition) is 4. The van der Waals surface area contributed by atoms with Gasteiger partial charge in [0.2, 0.25) is 0 Å². The molecule has 2 N–H and O–H groups in total. The summed E-state index contributed by atoms with van der Waals surface area (Å²) >= 11 is 6.22. The summed E-state index contributed by atoms with van der Waals surface area (Å²) in [5, 5.41) is 11.3. The van der Waals surface area contributed by atoms with Crippen LogP contribution >= 0.6 is 11.6 Å². The summed E-state index contributed by atoms with van der Waals surface area (Å²) in [5.74, 6) is 1.40. The smallest absolute Gasteiger partial charge is 0.273 e. The lowest BCUT2D eigenvalue weighted by Crippen LogP contribution is -2.35. The number of rotatable bonds is 6. The van der Waals surface area contributed by atoms with Crippen LogP contribution < -0.4 is 10.6 Å². The zero-order valence-corrected chi connectivity index (χ0v) is 14.8. The topological polar surface area (TPSA) is 67.2 Å². The van der Waals surface area contributed by atoms with E-state index in [1.807, 2.05) is 24.3 Å². The fourth-order valence-corrected chi connectivity index (χ4v) is 3.50. The second-order valence-electron chi connectivity index (χ2n) is 7.00. The Bertz CT molecular complexity index is 770. The van der Waals surface area contributed by atoms with E-state index >= 15 is 0 Å². The van der Waals surface area contributed by atoms with Crippen molar-refractivity contribution in [3.8, 4) is 0 Å². The van der Waals surface area contributed by atoms with Gasteiger partial charge in [-0.1, -0.05) is 35.0 Å². The Morgan fingerprint density at radius 2 is 2.12 bits per heavy atom. The number of nitrogens with zero attached hydrogens (tertiary/aromatic N) is 1. The molecule has 132 valence electrons. The molecule has 0 bridgehead atoms. The van der Waals surface area contributed by atoms with Crippen molar-refractivity contribution in [2.45, 2.75) is 44.7 Å². The summed E-state index contributed by atoms with van der Waals surface area (Å²) in [6, 6.07) is 8.14. The molecule has 1 aromatic heterocycles. The van der Waals surface area contributed by atoms with E-state index in [2.05, 4.69) is 15.8 Å². The molecular formula is C19H22ClN3O2. The Balaban J connectivity index is 1.39. The number of carbonyl (C=O) groups is 1. The third-order valence-corrected chi connectivity index (χ3v) is 5.41. The molecule has 2 aromatic rings. The fourth-order valence-electron chi connectivity index (χ4n) is 3.30. The number of hydrogen-bond donors (Lipinski definition) is 2. The average Bonchev–Trinajstić information content (AvgIpc) is 3.36. The molecule has 6 heteroatoms. The summed E-state index contributed by atoms with van der Waals surface area (Å²) in [5.41, 5.74) is 2.50. The summed E-state index contributed by atoms with van der Waals surface area (Å²) in [4.78, 5) is 12.4. The van der Waals surface area contributed by atoms with Crippen LogP contribution in [0.5, 0.6) is 0 Å². The lowest BCUT2D eigenvalue weighted by Gasteiger charge is -2.23. The third-order valence-electron chi connectivity index (χ3n) is 5.04. The molecule has 25 heavy (non-hydrogen) atoms. The molecule has 2 aliphatic carbocycles. The van der Waals surface area contributed by atoms with Crippen molar-refractivity contribution in [2.24, 2.45) is 5.92 Å². The van der Waals surface area contributed by atoms with E-state index in [1.165, 1.54) is 12.8 Å². The van der Waals surface area contributed by atoms with E-state index in [4.69, 9.17) is 16.1 Å². The van der Waals surface area contributed by atoms with Gasteiger partial charge in [-0.2, -0.15) is 0 Å². The van der Waals surface area contributed by atoms with Gasteiger partial charge < -0.3 is 15.2 Å². The van der Waals surface area contributed by atoms with Crippen molar-refractivity contribution >= 4 is 17.5 Å². The van der Waals surface area contributed by atoms with Crippen molar-refractivity contribution < 1.29 is 9.32 Å². The molecule has 2 aliphatic rings. The Kier molecular flexibility index (Phi) is 4.77. The van der Waals surface area contributed by atoms with Gasteiger partial charge in [-0.05, 0) is 43.2 Å². The van der Waals surface area contributed by atoms with Crippen molar-refractivity contribution in [3.63, 3.8) is 0 Å². The van der Waals surface area contributed by atoms with Gasteiger partial charge in [-0.3, -0.25) is 4.79 Å². The van der Waals surface area contributed by atoms with Gasteiger partial charge in [0.05, 0.1) is 0 Å². The van der Waals surface area contributed by atoms with Crippen LogP contribution in [0.1, 0.15) is 46.6 Å². The minimum Gasteiger partial charge on any atom is -0.360 e. The Hall–Kier alpha value is -1.85. The van der Waals surface area contributed by atoms with Gasteiger partial charge in [-0.15, -0.1) is 0 Å². The van der Waals surface area contributed by atoms with E-state index in [1.54, 1.807) is 0 Å². The molecular weight excluding hydrogens is 338 g/mol. The highest BCUT2D eigenvalue weighted by Gasteiger charge is 2.29. The second kappa shape index (κ2) is 7.18. The summed E-state index contributed by atoms with van der Waals surface area (Å²) in [6.07, 6.45) is 4.96. The van der Waals surface area contributed by atoms with Crippen LogP contribution in [-0.2, 0) is 19.4 Å². The first-order chi connectivity index (χ1) is 12.2. The standard InChI is InChI=1S/C19H22ClN3O2/c20-16-4-2-1-3-13(16)11-21-14-7-8-17-15(9-14)18(23-25-17)19(24)22-10-12-5-6-12/h1-4,12,14,21H,5-11H2,(H,22,24). The maximum Gasteiger partial charge on any atom is 0.273 e. The molecule has 0 aliphatic heterocycles. The number of aromatic nitrogens is 1. The van der Waals surface area contributed by atoms with E-state index in [0.29, 0.717) is 18.2 Å². The van der Waals surface area contributed by atoms with E-state index in [0.717, 1.165) is 47.7 Å². The molecule has 0 saturated heterocycles. The lowest BCUT2D eigenvalue weighted by atomic mass is 9.91. The first-order valence-corrected chi connectivity index (χ1v) is 9.31. The average molecular weight is 360 g/mol. The molecule has 1 unspecified atom stereocenters. The van der Waals surface area contributed by atoms with E-state index in [9.17, 15) is 4.79 Å². The van der Waals surface area contributed by atoms with Gasteiger partial charge in [0, 0.05) is 36.1 Å². The maximum absolute atomic E-state index is 12.4. The zero-order chi connectivity index (χ0) is 17.2. The minimum absolute atomic E-state index is 0.108. The molecule has 0 spiro atoms. The van der Waals surface area contributed by atoms with Gasteiger partial charge in [0.1, 0.15) is 5.76 Å². The first-order valence-electron chi connectivity index (χ1n) is 8.93. The molecule has 1 fully saturated rings. The largest absolute Gasteiger partial charge is 0.360 e. The van der Waals surface area contributed by atoms with E-state index < -0.39 is 0 Å². The number of fused-ring (bicyclic) bond motifs is 1. The van der Waals surface area contributed by atoms with Gasteiger partial charge in [0.15, 0.2) is 5.69 Å². The van der Waals surface area contributed by atoms with Crippen LogP contribution in [0.3, 0.4) is 0 Å². The number of halogens is 1. The summed E-state index contributed by atoms with van der Waals surface area (Å²) in [6.45, 7) is 1.46. The van der Waals surface area contributed by atoms with Crippen molar-refractivity contribution in [1.82, 2.24) is 15.8 Å². The van der Waals surface area contributed by atoms with Gasteiger partial charge in [0.25, 0.3) is 5.91 Å². The SMILES string of the molecule is O=C(NCC1CC1)c1noc2c1CC(NCc1ccccc1Cl)CC2. The number of benzene rings is 1. The Labute approximate surface area is 152 Å². The van der Waals surface area contributed by atoms with E-state index in [-0.39, 0.29) is 11.9 Å². The number of amides is 1. The monoisotopic (exact) mass is 359 g/mol. The Morgan fingerprint density at radius 3 is 2.92 bits per heavy atom. The fraction of sp³-hybridized carbons (Fsp3) is 0.474. The highest BCUT2D eigenvalue weighted by Crippen LogP contribution is 2.28. The van der Waals surface area contributed by atoms with Crippen LogP contribution in [0, 0.1) is 5.92 Å². The van der Waals surface area contributed by atoms with Crippen LogP contribution in [0.25, 0.3) is 0 Å². The third kappa shape index (κ3) is 3.88. The quantitative estimate of drug-likeness (QED) is 0.831. The summed E-state index contributed by atoms with van der Waals surface area (Å²) in [7, 11) is 0. The molecule has 1 atom stereocenters. The minimum atomic E-state index is -0.108. The lowest BCUT2D eigenvalue weighted by molar-refractivity contribution is 0.0942. The van der Waals surface area contributed by atoms with Gasteiger partial charge >= 0.3 is 0 Å². The molecule has 1 saturated carbocycles. The predicted molar refractivity (Wildman–Crippen MR) is 95.7 cm³/mol. The number of aryl methyl sites for hydroxylation is 1. The highest BCUT2D eigenvalue weighted by molar-refractivity contribution is 6.31. The van der Waals surface area contributed by atoms with Crippen molar-refractivity contribution in [2.75, 3.05) is 6.54 Å². The normalized spacial score (nSPS) is 19.5. The first kappa shape index (κ1) is 16.6. The second-order valence-corrected chi connectivity index (χ2v) is 7.41. The van der Waals surface area contributed by atoms with Gasteiger partial charge in [-0.25, -0.2) is 0 Å².